The summed E-state index contributed by atoms with van der Waals surface area (Å²) in [5.74, 6) is -0.965. The number of benzene rings is 2. The topological polar surface area (TPSA) is 104 Å². The summed E-state index contributed by atoms with van der Waals surface area (Å²) in [6.07, 6.45) is 1.92. The van der Waals surface area contributed by atoms with Crippen LogP contribution in [-0.2, 0) is 4.79 Å². The maximum Gasteiger partial charge on any atom is 0.335 e. The van der Waals surface area contributed by atoms with Gasteiger partial charge in [-0.25, -0.2) is 9.48 Å². The molecule has 1 aromatic heterocycles. The molecule has 0 spiro atoms. The van der Waals surface area contributed by atoms with Crippen LogP contribution < -0.4 is 10.9 Å². The molecule has 0 radical (unpaired) electrons. The number of fused-ring (bicyclic) bond motifs is 1. The molecular formula is C23H19N3O4. The van der Waals surface area contributed by atoms with Crippen LogP contribution in [-0.4, -0.2) is 26.6 Å². The summed E-state index contributed by atoms with van der Waals surface area (Å²) in [5, 5.41) is 15.6. The van der Waals surface area contributed by atoms with E-state index in [2.05, 4.69) is 10.4 Å². The third kappa shape index (κ3) is 2.78. The molecule has 0 saturated carbocycles. The number of carboxylic acid groups (broad SMARTS) is 1. The number of ketones is 1. The second-order valence-electron chi connectivity index (χ2n) is 7.53. The lowest BCUT2D eigenvalue weighted by Gasteiger charge is -2.31. The molecule has 0 bridgehead atoms. The number of aromatic carboxylic acids is 1. The molecule has 7 heteroatoms. The third-order valence-corrected chi connectivity index (χ3v) is 5.74. The van der Waals surface area contributed by atoms with Crippen LogP contribution in [0.15, 0.2) is 70.7 Å². The number of aromatic amines is 1. The van der Waals surface area contributed by atoms with Gasteiger partial charge in [-0.05, 0) is 42.7 Å². The van der Waals surface area contributed by atoms with E-state index < -0.39 is 11.9 Å². The van der Waals surface area contributed by atoms with Crippen LogP contribution in [0.3, 0.4) is 0 Å². The van der Waals surface area contributed by atoms with E-state index in [1.54, 1.807) is 12.1 Å². The lowest BCUT2D eigenvalue weighted by Crippen LogP contribution is -2.29. The number of H-pyrrole nitrogens is 1. The standard InChI is InChI=1S/C23H19N3O4/c27-17-8-4-7-16-19(17)18(13-9-11-14(12-10-13)23(29)30)20-21(24-16)25-26(22(20)28)15-5-2-1-3-6-15/h1-3,5-6,9-12,18,24-25H,4,7-8H2,(H,29,30)/t18-/m1/s1. The van der Waals surface area contributed by atoms with Gasteiger partial charge < -0.3 is 10.4 Å². The van der Waals surface area contributed by atoms with Gasteiger partial charge >= 0.3 is 5.97 Å². The minimum absolute atomic E-state index is 0.0218. The normalized spacial score (nSPS) is 17.9. The number of hydrogen-bond acceptors (Lipinski definition) is 4. The summed E-state index contributed by atoms with van der Waals surface area (Å²) < 4.78 is 1.47. The molecule has 2 aromatic carbocycles. The number of Topliss-reactive ketones (excluding diaryl/α,β-unsaturated/α-hetero) is 1. The molecule has 1 aliphatic carbocycles. The first-order chi connectivity index (χ1) is 14.5. The van der Waals surface area contributed by atoms with Gasteiger partial charge in [-0.15, -0.1) is 0 Å². The first-order valence-electron chi connectivity index (χ1n) is 9.81. The van der Waals surface area contributed by atoms with Crippen LogP contribution in [0.4, 0.5) is 5.82 Å². The number of hydrogen-bond donors (Lipinski definition) is 3. The summed E-state index contributed by atoms with van der Waals surface area (Å²) in [4.78, 5) is 37.5. The number of rotatable bonds is 3. The number of para-hydroxylation sites is 1. The van der Waals surface area contributed by atoms with Crippen molar-refractivity contribution >= 4 is 17.6 Å². The minimum Gasteiger partial charge on any atom is -0.478 e. The van der Waals surface area contributed by atoms with Gasteiger partial charge in [0.15, 0.2) is 5.78 Å². The molecule has 3 N–H and O–H groups in total. The molecule has 5 rings (SSSR count). The first kappa shape index (κ1) is 18.2. The van der Waals surface area contributed by atoms with Gasteiger partial charge in [0.05, 0.1) is 16.8 Å². The zero-order chi connectivity index (χ0) is 20.8. The van der Waals surface area contributed by atoms with Crippen molar-refractivity contribution in [3.05, 3.63) is 92.9 Å². The van der Waals surface area contributed by atoms with E-state index in [0.29, 0.717) is 29.1 Å². The van der Waals surface area contributed by atoms with E-state index in [4.69, 9.17) is 0 Å². The number of allylic oxidation sites excluding steroid dienone is 2. The third-order valence-electron chi connectivity index (χ3n) is 5.74. The first-order valence-corrected chi connectivity index (χ1v) is 9.81. The van der Waals surface area contributed by atoms with E-state index in [0.717, 1.165) is 24.1 Å². The highest BCUT2D eigenvalue weighted by molar-refractivity contribution is 6.01. The Morgan fingerprint density at radius 3 is 2.43 bits per heavy atom. The van der Waals surface area contributed by atoms with Crippen molar-refractivity contribution in [2.45, 2.75) is 25.2 Å². The van der Waals surface area contributed by atoms with Crippen molar-refractivity contribution in [3.63, 3.8) is 0 Å². The lowest BCUT2D eigenvalue weighted by atomic mass is 9.77. The Kier molecular flexibility index (Phi) is 4.17. The fourth-order valence-corrected chi connectivity index (χ4v) is 4.35. The number of nitrogens with zero attached hydrogens (tertiary/aromatic N) is 1. The van der Waals surface area contributed by atoms with Crippen molar-refractivity contribution in [2.75, 3.05) is 5.32 Å². The van der Waals surface area contributed by atoms with Crippen LogP contribution in [0.5, 0.6) is 0 Å². The van der Waals surface area contributed by atoms with E-state index >= 15 is 0 Å². The predicted octanol–water partition coefficient (Wildman–Crippen LogP) is 3.43. The summed E-state index contributed by atoms with van der Waals surface area (Å²) in [6.45, 7) is 0. The zero-order valence-corrected chi connectivity index (χ0v) is 16.0. The number of carbonyl (C=O) groups excluding carboxylic acids is 1. The van der Waals surface area contributed by atoms with E-state index in [1.165, 1.54) is 16.8 Å². The number of nitrogens with one attached hydrogen (secondary N) is 2. The molecule has 1 aliphatic heterocycles. The molecule has 0 fully saturated rings. The van der Waals surface area contributed by atoms with Crippen LogP contribution in [0.25, 0.3) is 5.69 Å². The van der Waals surface area contributed by atoms with Gasteiger partial charge in [0.2, 0.25) is 0 Å². The predicted molar refractivity (Wildman–Crippen MR) is 111 cm³/mol. The highest BCUT2D eigenvalue weighted by Gasteiger charge is 2.38. The molecule has 0 unspecified atom stereocenters. The summed E-state index contributed by atoms with van der Waals surface area (Å²) in [7, 11) is 0. The molecule has 0 saturated heterocycles. The SMILES string of the molecule is O=C1CCCC2=C1[C@@H](c1ccc(C(=O)O)cc1)c1c([nH]n(-c3ccccc3)c1=O)N2. The monoisotopic (exact) mass is 401 g/mol. The fraction of sp³-hybridized carbons (Fsp3) is 0.174. The highest BCUT2D eigenvalue weighted by atomic mass is 16.4. The van der Waals surface area contributed by atoms with Gasteiger partial charge in [-0.3, -0.25) is 14.7 Å². The van der Waals surface area contributed by atoms with Crippen molar-refractivity contribution in [3.8, 4) is 5.69 Å². The van der Waals surface area contributed by atoms with Gasteiger partial charge in [-0.2, -0.15) is 0 Å². The summed E-state index contributed by atoms with van der Waals surface area (Å²) >= 11 is 0. The number of carbonyl (C=O) groups is 2. The van der Waals surface area contributed by atoms with Crippen LogP contribution in [0.1, 0.15) is 46.7 Å². The molecule has 3 aromatic rings. The quantitative estimate of drug-likeness (QED) is 0.624. The molecule has 1 atom stereocenters. The Bertz CT molecular complexity index is 1250. The zero-order valence-electron chi connectivity index (χ0n) is 16.0. The van der Waals surface area contributed by atoms with E-state index in [9.17, 15) is 19.5 Å². The van der Waals surface area contributed by atoms with Crippen LogP contribution in [0.2, 0.25) is 0 Å². The molecule has 0 amide bonds. The summed E-state index contributed by atoms with van der Waals surface area (Å²) in [5.41, 5.74) is 3.25. The number of aromatic nitrogens is 2. The average Bonchev–Trinajstić information content (AvgIpc) is 3.09. The number of carboxylic acids is 1. The Labute approximate surface area is 171 Å². The van der Waals surface area contributed by atoms with Crippen molar-refractivity contribution in [2.24, 2.45) is 0 Å². The Balaban J connectivity index is 1.72. The Hall–Kier alpha value is -3.87. The van der Waals surface area contributed by atoms with Crippen molar-refractivity contribution in [1.82, 2.24) is 9.78 Å². The highest BCUT2D eigenvalue weighted by Crippen LogP contribution is 2.43. The average molecular weight is 401 g/mol. The second-order valence-corrected chi connectivity index (χ2v) is 7.53. The fourth-order valence-electron chi connectivity index (χ4n) is 4.35. The molecule has 2 heterocycles. The second kappa shape index (κ2) is 6.88. The number of anilines is 1. The van der Waals surface area contributed by atoms with E-state index in [-0.39, 0.29) is 16.9 Å². The molecule has 7 nitrogen and oxygen atoms in total. The maximum atomic E-state index is 13.4. The van der Waals surface area contributed by atoms with Gasteiger partial charge in [0, 0.05) is 23.6 Å². The van der Waals surface area contributed by atoms with Gasteiger partial charge in [0.1, 0.15) is 5.82 Å². The van der Waals surface area contributed by atoms with Crippen molar-refractivity contribution < 1.29 is 14.7 Å². The van der Waals surface area contributed by atoms with Crippen LogP contribution in [0, 0.1) is 0 Å². The van der Waals surface area contributed by atoms with E-state index in [1.807, 2.05) is 30.3 Å². The maximum absolute atomic E-state index is 13.4. The van der Waals surface area contributed by atoms with Gasteiger partial charge in [0.25, 0.3) is 5.56 Å². The lowest BCUT2D eigenvalue weighted by molar-refractivity contribution is -0.116. The van der Waals surface area contributed by atoms with Crippen molar-refractivity contribution in [1.29, 1.82) is 0 Å². The molecule has 30 heavy (non-hydrogen) atoms. The smallest absolute Gasteiger partial charge is 0.335 e. The molecule has 150 valence electrons. The largest absolute Gasteiger partial charge is 0.478 e. The summed E-state index contributed by atoms with van der Waals surface area (Å²) in [6, 6.07) is 15.6. The van der Waals surface area contributed by atoms with Crippen LogP contribution >= 0.6 is 0 Å². The molecule has 2 aliphatic rings. The van der Waals surface area contributed by atoms with Gasteiger partial charge in [-0.1, -0.05) is 30.3 Å². The molecular weight excluding hydrogens is 382 g/mol. The Morgan fingerprint density at radius 1 is 1.00 bits per heavy atom. The minimum atomic E-state index is -1.02. The Morgan fingerprint density at radius 2 is 1.73 bits per heavy atom.